The minimum absolute atomic E-state index is 0.0771. The van der Waals surface area contributed by atoms with Crippen LogP contribution in [0.2, 0.25) is 0 Å². The summed E-state index contributed by atoms with van der Waals surface area (Å²) >= 11 is 0. The molecular formula is C9H7N5O. The van der Waals surface area contributed by atoms with E-state index in [1.54, 1.807) is 12.1 Å². The predicted octanol–water partition coefficient (Wildman–Crippen LogP) is 0.531. The van der Waals surface area contributed by atoms with Crippen LogP contribution in [0, 0.1) is 0 Å². The molecule has 6 heteroatoms. The van der Waals surface area contributed by atoms with Crippen LogP contribution >= 0.6 is 0 Å². The summed E-state index contributed by atoms with van der Waals surface area (Å²) in [7, 11) is 0. The topological polar surface area (TPSA) is 81.5 Å². The summed E-state index contributed by atoms with van der Waals surface area (Å²) in [6, 6.07) is 3.33. The van der Waals surface area contributed by atoms with Crippen molar-refractivity contribution in [2.45, 2.75) is 6.92 Å². The molecule has 15 heavy (non-hydrogen) atoms. The molecule has 2 heterocycles. The molecule has 0 fully saturated rings. The Morgan fingerprint density at radius 1 is 1.20 bits per heavy atom. The van der Waals surface area contributed by atoms with Crippen molar-refractivity contribution >= 4 is 5.78 Å². The molecule has 0 unspecified atom stereocenters. The average Bonchev–Trinajstić information content (AvgIpc) is 2.30. The minimum Gasteiger partial charge on any atom is -0.293 e. The first-order valence-electron chi connectivity index (χ1n) is 4.25. The summed E-state index contributed by atoms with van der Waals surface area (Å²) in [6.07, 6.45) is 2.77. The molecule has 0 atom stereocenters. The zero-order valence-corrected chi connectivity index (χ0v) is 7.95. The maximum atomic E-state index is 11.0. The molecule has 0 amide bonds. The minimum atomic E-state index is -0.0771. The Hall–Kier alpha value is -2.24. The molecule has 0 bridgehead atoms. The van der Waals surface area contributed by atoms with Gasteiger partial charge in [0.25, 0.3) is 0 Å². The van der Waals surface area contributed by atoms with Crippen molar-refractivity contribution in [1.29, 1.82) is 0 Å². The monoisotopic (exact) mass is 201 g/mol. The first kappa shape index (κ1) is 9.32. The van der Waals surface area contributed by atoms with Gasteiger partial charge in [-0.25, -0.2) is 0 Å². The third-order valence-corrected chi connectivity index (χ3v) is 1.79. The van der Waals surface area contributed by atoms with E-state index in [0.717, 1.165) is 0 Å². The molecule has 0 spiro atoms. The van der Waals surface area contributed by atoms with Crippen molar-refractivity contribution in [2.75, 3.05) is 0 Å². The maximum absolute atomic E-state index is 11.0. The SMILES string of the molecule is CC(=O)c1ccc(-c2nncnn2)cn1. The highest BCUT2D eigenvalue weighted by atomic mass is 16.1. The van der Waals surface area contributed by atoms with E-state index >= 15 is 0 Å². The molecule has 2 aromatic rings. The fourth-order valence-corrected chi connectivity index (χ4v) is 1.05. The quantitative estimate of drug-likeness (QED) is 0.659. The third-order valence-electron chi connectivity index (χ3n) is 1.79. The average molecular weight is 201 g/mol. The predicted molar refractivity (Wildman–Crippen MR) is 50.9 cm³/mol. The number of hydrogen-bond donors (Lipinski definition) is 0. The van der Waals surface area contributed by atoms with Gasteiger partial charge in [0, 0.05) is 18.7 Å². The Morgan fingerprint density at radius 3 is 2.47 bits per heavy atom. The lowest BCUT2D eigenvalue weighted by atomic mass is 10.2. The second-order valence-electron chi connectivity index (χ2n) is 2.86. The highest BCUT2D eigenvalue weighted by Crippen LogP contribution is 2.11. The molecule has 0 radical (unpaired) electrons. The van der Waals surface area contributed by atoms with Crippen molar-refractivity contribution in [3.63, 3.8) is 0 Å². The standard InChI is InChI=1S/C9H7N5O/c1-6(15)8-3-2-7(4-10-8)9-13-11-5-12-14-9/h2-5H,1H3. The number of carbonyl (C=O) groups is 1. The van der Waals surface area contributed by atoms with Crippen molar-refractivity contribution in [2.24, 2.45) is 0 Å². The first-order valence-corrected chi connectivity index (χ1v) is 4.25. The second kappa shape index (κ2) is 3.87. The third kappa shape index (κ3) is 1.98. The van der Waals surface area contributed by atoms with Crippen LogP contribution in [0.5, 0.6) is 0 Å². The Morgan fingerprint density at radius 2 is 1.93 bits per heavy atom. The molecular weight excluding hydrogens is 194 g/mol. The van der Waals surface area contributed by atoms with Crippen molar-refractivity contribution < 1.29 is 4.79 Å². The summed E-state index contributed by atoms with van der Waals surface area (Å²) in [6.45, 7) is 1.46. The van der Waals surface area contributed by atoms with E-state index in [0.29, 0.717) is 17.1 Å². The van der Waals surface area contributed by atoms with Gasteiger partial charge in [-0.15, -0.1) is 20.4 Å². The number of rotatable bonds is 2. The molecule has 0 aliphatic carbocycles. The van der Waals surface area contributed by atoms with E-state index in [-0.39, 0.29) is 5.78 Å². The summed E-state index contributed by atoms with van der Waals surface area (Å²) < 4.78 is 0. The van der Waals surface area contributed by atoms with Gasteiger partial charge in [0.1, 0.15) is 5.69 Å². The molecule has 2 aromatic heterocycles. The van der Waals surface area contributed by atoms with Crippen LogP contribution in [0.3, 0.4) is 0 Å². The molecule has 0 aliphatic rings. The van der Waals surface area contributed by atoms with E-state index < -0.39 is 0 Å². The van der Waals surface area contributed by atoms with Gasteiger partial charge in [-0.2, -0.15) is 0 Å². The highest BCUT2D eigenvalue weighted by Gasteiger charge is 2.04. The van der Waals surface area contributed by atoms with Crippen molar-refractivity contribution in [3.05, 3.63) is 30.4 Å². The largest absolute Gasteiger partial charge is 0.293 e. The van der Waals surface area contributed by atoms with E-state index in [1.165, 1.54) is 19.4 Å². The molecule has 0 aliphatic heterocycles. The van der Waals surface area contributed by atoms with E-state index in [4.69, 9.17) is 0 Å². The van der Waals surface area contributed by atoms with Gasteiger partial charge in [-0.1, -0.05) is 0 Å². The second-order valence-corrected chi connectivity index (χ2v) is 2.86. The fourth-order valence-electron chi connectivity index (χ4n) is 1.05. The van der Waals surface area contributed by atoms with Gasteiger partial charge in [0.05, 0.1) is 0 Å². The first-order chi connectivity index (χ1) is 7.27. The van der Waals surface area contributed by atoms with Crippen LogP contribution in [-0.2, 0) is 0 Å². The van der Waals surface area contributed by atoms with Crippen LogP contribution in [0.1, 0.15) is 17.4 Å². The summed E-state index contributed by atoms with van der Waals surface area (Å²) in [5.74, 6) is 0.312. The number of nitrogens with zero attached hydrogens (tertiary/aromatic N) is 5. The molecule has 6 nitrogen and oxygen atoms in total. The molecule has 2 rings (SSSR count). The van der Waals surface area contributed by atoms with E-state index in [2.05, 4.69) is 25.4 Å². The zero-order chi connectivity index (χ0) is 10.7. The van der Waals surface area contributed by atoms with E-state index in [1.807, 2.05) is 0 Å². The highest BCUT2D eigenvalue weighted by molar-refractivity contribution is 5.92. The Labute approximate surface area is 85.4 Å². The molecule has 0 saturated heterocycles. The van der Waals surface area contributed by atoms with Gasteiger partial charge in [0.2, 0.25) is 5.82 Å². The number of Topliss-reactive ketones (excluding diaryl/α,β-unsaturated/α-hetero) is 1. The molecule has 0 N–H and O–H groups in total. The summed E-state index contributed by atoms with van der Waals surface area (Å²) in [4.78, 5) is 14.9. The lowest BCUT2D eigenvalue weighted by Crippen LogP contribution is -1.98. The summed E-state index contributed by atoms with van der Waals surface area (Å²) in [5, 5.41) is 14.8. The van der Waals surface area contributed by atoms with Crippen LogP contribution in [0.4, 0.5) is 0 Å². The van der Waals surface area contributed by atoms with Gasteiger partial charge in [-0.05, 0) is 12.1 Å². The van der Waals surface area contributed by atoms with Crippen LogP contribution < -0.4 is 0 Å². The number of hydrogen-bond acceptors (Lipinski definition) is 6. The Kier molecular flexibility index (Phi) is 2.40. The van der Waals surface area contributed by atoms with Crippen LogP contribution in [0.15, 0.2) is 24.7 Å². The summed E-state index contributed by atoms with van der Waals surface area (Å²) in [5.41, 5.74) is 1.09. The van der Waals surface area contributed by atoms with Crippen molar-refractivity contribution in [1.82, 2.24) is 25.4 Å². The van der Waals surface area contributed by atoms with Crippen LogP contribution in [0.25, 0.3) is 11.4 Å². The lowest BCUT2D eigenvalue weighted by molar-refractivity contribution is 0.101. The Balaban J connectivity index is 2.36. The number of aromatic nitrogens is 5. The van der Waals surface area contributed by atoms with Gasteiger partial charge in [0.15, 0.2) is 12.1 Å². The van der Waals surface area contributed by atoms with Gasteiger partial charge < -0.3 is 0 Å². The van der Waals surface area contributed by atoms with Crippen molar-refractivity contribution in [3.8, 4) is 11.4 Å². The lowest BCUT2D eigenvalue weighted by Gasteiger charge is -1.97. The number of carbonyl (C=O) groups excluding carboxylic acids is 1. The smallest absolute Gasteiger partial charge is 0.205 e. The Bertz CT molecular complexity index is 468. The molecule has 0 aromatic carbocycles. The van der Waals surface area contributed by atoms with Gasteiger partial charge in [-0.3, -0.25) is 9.78 Å². The zero-order valence-electron chi connectivity index (χ0n) is 7.95. The normalized spacial score (nSPS) is 9.93. The van der Waals surface area contributed by atoms with Crippen LogP contribution in [-0.4, -0.2) is 31.2 Å². The van der Waals surface area contributed by atoms with Gasteiger partial charge >= 0.3 is 0 Å². The fraction of sp³-hybridized carbons (Fsp3) is 0.111. The molecule has 0 saturated carbocycles. The molecule has 74 valence electrons. The maximum Gasteiger partial charge on any atom is 0.205 e. The number of pyridine rings is 1. The van der Waals surface area contributed by atoms with E-state index in [9.17, 15) is 4.79 Å². The number of ketones is 1.